The summed E-state index contributed by atoms with van der Waals surface area (Å²) in [6.07, 6.45) is 0. The van der Waals surface area contributed by atoms with E-state index in [-0.39, 0.29) is 5.91 Å². The maximum Gasteiger partial charge on any atom is 0.254 e. The molecule has 0 N–H and O–H groups in total. The van der Waals surface area contributed by atoms with Gasteiger partial charge in [0.2, 0.25) is 0 Å². The van der Waals surface area contributed by atoms with Crippen molar-refractivity contribution in [3.8, 4) is 0 Å². The Morgan fingerprint density at radius 1 is 1.55 bits per heavy atom. The van der Waals surface area contributed by atoms with Gasteiger partial charge in [-0.05, 0) is 18.4 Å². The molecule has 0 aromatic carbocycles. The fourth-order valence-corrected chi connectivity index (χ4v) is 1.54. The van der Waals surface area contributed by atoms with Gasteiger partial charge in [-0.2, -0.15) is 0 Å². The molecule has 1 aromatic heterocycles. The lowest BCUT2D eigenvalue weighted by Gasteiger charge is -2.08. The van der Waals surface area contributed by atoms with Gasteiger partial charge in [0.05, 0.1) is 5.56 Å². The van der Waals surface area contributed by atoms with Crippen LogP contribution in [0, 0.1) is 6.92 Å². The summed E-state index contributed by atoms with van der Waals surface area (Å²) < 4.78 is 0. The predicted molar refractivity (Wildman–Crippen MR) is 47.1 cm³/mol. The second kappa shape index (κ2) is 3.05. The van der Waals surface area contributed by atoms with Crippen molar-refractivity contribution in [1.29, 1.82) is 0 Å². The first-order chi connectivity index (χ1) is 5.13. The van der Waals surface area contributed by atoms with Gasteiger partial charge in [0.1, 0.15) is 0 Å². The SMILES string of the molecule is Cc1sccc1C(=O)N(C)C. The van der Waals surface area contributed by atoms with Crippen LogP contribution in [0.15, 0.2) is 11.4 Å². The van der Waals surface area contributed by atoms with E-state index in [9.17, 15) is 4.79 Å². The molecule has 60 valence electrons. The first-order valence-corrected chi connectivity index (χ1v) is 4.26. The minimum atomic E-state index is 0.0868. The highest BCUT2D eigenvalue weighted by Gasteiger charge is 2.10. The van der Waals surface area contributed by atoms with E-state index in [0.717, 1.165) is 10.4 Å². The molecule has 3 heteroatoms. The molecule has 0 saturated carbocycles. The Morgan fingerprint density at radius 2 is 2.18 bits per heavy atom. The van der Waals surface area contributed by atoms with Gasteiger partial charge in [-0.1, -0.05) is 0 Å². The molecule has 11 heavy (non-hydrogen) atoms. The molecule has 0 bridgehead atoms. The molecule has 0 fully saturated rings. The van der Waals surface area contributed by atoms with Gasteiger partial charge in [-0.15, -0.1) is 11.3 Å². The summed E-state index contributed by atoms with van der Waals surface area (Å²) in [5, 5.41) is 1.94. The van der Waals surface area contributed by atoms with E-state index < -0.39 is 0 Å². The molecule has 2 nitrogen and oxygen atoms in total. The Hall–Kier alpha value is -0.830. The second-order valence-corrected chi connectivity index (χ2v) is 3.71. The van der Waals surface area contributed by atoms with Crippen molar-refractivity contribution in [1.82, 2.24) is 4.90 Å². The molecule has 0 saturated heterocycles. The van der Waals surface area contributed by atoms with Crippen LogP contribution >= 0.6 is 11.3 Å². The Bertz CT molecular complexity index is 265. The third kappa shape index (κ3) is 1.60. The highest BCUT2D eigenvalue weighted by atomic mass is 32.1. The van der Waals surface area contributed by atoms with Crippen LogP contribution in [0.3, 0.4) is 0 Å². The summed E-state index contributed by atoms with van der Waals surface area (Å²) in [6, 6.07) is 1.86. The van der Waals surface area contributed by atoms with Crippen LogP contribution in [0.1, 0.15) is 15.2 Å². The molecule has 1 amide bonds. The highest BCUT2D eigenvalue weighted by Crippen LogP contribution is 2.15. The average Bonchev–Trinajstić information content (AvgIpc) is 2.33. The third-order valence-electron chi connectivity index (χ3n) is 1.50. The summed E-state index contributed by atoms with van der Waals surface area (Å²) in [6.45, 7) is 1.96. The summed E-state index contributed by atoms with van der Waals surface area (Å²) >= 11 is 1.60. The third-order valence-corrected chi connectivity index (χ3v) is 2.34. The van der Waals surface area contributed by atoms with Crippen molar-refractivity contribution in [2.45, 2.75) is 6.92 Å². The first kappa shape index (κ1) is 8.27. The van der Waals surface area contributed by atoms with Gasteiger partial charge < -0.3 is 4.90 Å². The summed E-state index contributed by atoms with van der Waals surface area (Å²) in [4.78, 5) is 14.0. The van der Waals surface area contributed by atoms with Crippen LogP contribution in [-0.2, 0) is 0 Å². The number of rotatable bonds is 1. The lowest BCUT2D eigenvalue weighted by molar-refractivity contribution is 0.0827. The van der Waals surface area contributed by atoms with Gasteiger partial charge in [-0.25, -0.2) is 0 Å². The minimum absolute atomic E-state index is 0.0868. The number of aryl methyl sites for hydroxylation is 1. The number of hydrogen-bond acceptors (Lipinski definition) is 2. The van der Waals surface area contributed by atoms with Crippen LogP contribution in [0.5, 0.6) is 0 Å². The number of nitrogens with zero attached hydrogens (tertiary/aromatic N) is 1. The van der Waals surface area contributed by atoms with E-state index in [1.807, 2.05) is 18.4 Å². The van der Waals surface area contributed by atoms with Gasteiger partial charge in [0, 0.05) is 19.0 Å². The molecule has 0 aliphatic heterocycles. The minimum Gasteiger partial charge on any atom is -0.345 e. The van der Waals surface area contributed by atoms with Gasteiger partial charge in [-0.3, -0.25) is 4.79 Å². The Kier molecular flexibility index (Phi) is 2.29. The molecule has 0 aliphatic rings. The van der Waals surface area contributed by atoms with Gasteiger partial charge in [0.25, 0.3) is 5.91 Å². The van der Waals surface area contributed by atoms with Crippen LogP contribution in [-0.4, -0.2) is 24.9 Å². The van der Waals surface area contributed by atoms with Crippen molar-refractivity contribution in [3.05, 3.63) is 21.9 Å². The fraction of sp³-hybridized carbons (Fsp3) is 0.375. The van der Waals surface area contributed by atoms with Crippen molar-refractivity contribution in [2.75, 3.05) is 14.1 Å². The van der Waals surface area contributed by atoms with E-state index >= 15 is 0 Å². The molecule has 0 atom stereocenters. The van der Waals surface area contributed by atoms with E-state index in [0.29, 0.717) is 0 Å². The van der Waals surface area contributed by atoms with Crippen LogP contribution < -0.4 is 0 Å². The van der Waals surface area contributed by atoms with Gasteiger partial charge >= 0.3 is 0 Å². The quantitative estimate of drug-likeness (QED) is 0.627. The van der Waals surface area contributed by atoms with Crippen LogP contribution in [0.4, 0.5) is 0 Å². The van der Waals surface area contributed by atoms with E-state index in [1.54, 1.807) is 30.3 Å². The van der Waals surface area contributed by atoms with E-state index in [1.165, 1.54) is 0 Å². The Balaban J connectivity index is 2.93. The zero-order chi connectivity index (χ0) is 8.43. The number of thiophene rings is 1. The largest absolute Gasteiger partial charge is 0.345 e. The van der Waals surface area contributed by atoms with Gasteiger partial charge in [0.15, 0.2) is 0 Å². The number of hydrogen-bond donors (Lipinski definition) is 0. The highest BCUT2D eigenvalue weighted by molar-refractivity contribution is 7.10. The number of amides is 1. The number of carbonyl (C=O) groups excluding carboxylic acids is 1. The molecule has 1 rings (SSSR count). The van der Waals surface area contributed by atoms with Crippen LogP contribution in [0.2, 0.25) is 0 Å². The maximum absolute atomic E-state index is 11.4. The van der Waals surface area contributed by atoms with E-state index in [2.05, 4.69) is 0 Å². The standard InChI is InChI=1S/C8H11NOS/c1-6-7(4-5-11-6)8(10)9(2)3/h4-5H,1-3H3. The van der Waals surface area contributed by atoms with Crippen molar-refractivity contribution in [3.63, 3.8) is 0 Å². The van der Waals surface area contributed by atoms with Crippen molar-refractivity contribution < 1.29 is 4.79 Å². The molecular weight excluding hydrogens is 158 g/mol. The molecule has 0 spiro atoms. The smallest absolute Gasteiger partial charge is 0.254 e. The normalized spacial score (nSPS) is 9.73. The topological polar surface area (TPSA) is 20.3 Å². The lowest BCUT2D eigenvalue weighted by atomic mass is 10.2. The molecule has 0 unspecified atom stereocenters. The second-order valence-electron chi connectivity index (χ2n) is 2.59. The molecule has 1 aromatic rings. The molecule has 0 radical (unpaired) electrons. The molecule has 0 aliphatic carbocycles. The number of carbonyl (C=O) groups is 1. The zero-order valence-electron chi connectivity index (χ0n) is 6.92. The average molecular weight is 169 g/mol. The predicted octanol–water partition coefficient (Wildman–Crippen LogP) is 1.76. The van der Waals surface area contributed by atoms with E-state index in [4.69, 9.17) is 0 Å². The zero-order valence-corrected chi connectivity index (χ0v) is 7.73. The summed E-state index contributed by atoms with van der Waals surface area (Å²) in [5.41, 5.74) is 0.819. The summed E-state index contributed by atoms with van der Waals surface area (Å²) in [7, 11) is 3.53. The van der Waals surface area contributed by atoms with Crippen molar-refractivity contribution >= 4 is 17.2 Å². The summed E-state index contributed by atoms with van der Waals surface area (Å²) in [5.74, 6) is 0.0868. The van der Waals surface area contributed by atoms with Crippen molar-refractivity contribution in [2.24, 2.45) is 0 Å². The molecule has 1 heterocycles. The monoisotopic (exact) mass is 169 g/mol. The first-order valence-electron chi connectivity index (χ1n) is 3.38. The lowest BCUT2D eigenvalue weighted by Crippen LogP contribution is -2.21. The Morgan fingerprint density at radius 3 is 2.55 bits per heavy atom. The fourth-order valence-electron chi connectivity index (χ4n) is 0.848. The maximum atomic E-state index is 11.4. The van der Waals surface area contributed by atoms with Crippen LogP contribution in [0.25, 0.3) is 0 Å². The Labute approximate surface area is 70.5 Å². The molecular formula is C8H11NOS.